The first-order chi connectivity index (χ1) is 18.3. The fourth-order valence-corrected chi connectivity index (χ4v) is 5.34. The molecule has 0 bridgehead atoms. The molecule has 9 nitrogen and oxygen atoms in total. The number of aromatic nitrogens is 1. The average molecular weight is 516 g/mol. The summed E-state index contributed by atoms with van der Waals surface area (Å²) >= 11 is 0. The van der Waals surface area contributed by atoms with Gasteiger partial charge in [-0.2, -0.15) is 0 Å². The monoisotopic (exact) mass is 515 g/mol. The van der Waals surface area contributed by atoms with Crippen molar-refractivity contribution in [2.45, 2.75) is 45.6 Å². The third kappa shape index (κ3) is 5.27. The maximum atomic E-state index is 12.9. The van der Waals surface area contributed by atoms with Crippen LogP contribution in [0.1, 0.15) is 63.7 Å². The van der Waals surface area contributed by atoms with Gasteiger partial charge in [-0.1, -0.05) is 17.7 Å². The summed E-state index contributed by atoms with van der Waals surface area (Å²) in [5.41, 5.74) is 4.51. The molecule has 5 rings (SSSR count). The minimum atomic E-state index is -0.226. The molecular weight excluding hydrogens is 482 g/mol. The van der Waals surface area contributed by atoms with Crippen LogP contribution in [0.4, 0.5) is 5.69 Å². The van der Waals surface area contributed by atoms with Crippen molar-refractivity contribution >= 4 is 40.2 Å². The van der Waals surface area contributed by atoms with Crippen molar-refractivity contribution in [2.24, 2.45) is 0 Å². The molecular formula is C29H33N5O4. The van der Waals surface area contributed by atoms with Crippen molar-refractivity contribution in [1.29, 1.82) is 0 Å². The number of rotatable bonds is 8. The van der Waals surface area contributed by atoms with Crippen molar-refractivity contribution in [2.75, 3.05) is 31.5 Å². The minimum Gasteiger partial charge on any atom is -0.356 e. The Bertz CT molecular complexity index is 1430. The first-order valence-corrected chi connectivity index (χ1v) is 13.2. The van der Waals surface area contributed by atoms with E-state index in [-0.39, 0.29) is 36.1 Å². The molecule has 0 radical (unpaired) electrons. The third-order valence-electron chi connectivity index (χ3n) is 7.35. The van der Waals surface area contributed by atoms with Crippen LogP contribution in [0, 0.1) is 13.8 Å². The highest BCUT2D eigenvalue weighted by Crippen LogP contribution is 2.30. The number of likely N-dealkylation sites (tertiary alicyclic amines) is 1. The third-order valence-corrected chi connectivity index (χ3v) is 7.35. The van der Waals surface area contributed by atoms with Crippen molar-refractivity contribution in [1.82, 2.24) is 20.1 Å². The molecule has 0 saturated carbocycles. The summed E-state index contributed by atoms with van der Waals surface area (Å²) in [7, 11) is 0. The number of anilines is 1. The van der Waals surface area contributed by atoms with Crippen molar-refractivity contribution in [3.8, 4) is 0 Å². The lowest BCUT2D eigenvalue weighted by molar-refractivity contribution is -0.127. The standard InChI is InChI=1S/C29H33N5O4/c1-18-6-7-19(2)23(13-18)28(37)32-21-8-9-24-20(14-21)15-25-29(38)31-17-22(34(24)25)16-26(35)30-10-4-12-33-11-3-5-27(33)36/h6-9,13-15,22H,3-5,10-12,16-17H2,1-2H3,(H,30,35)(H,31,38)(H,32,37). The van der Waals surface area contributed by atoms with Gasteiger partial charge in [0.2, 0.25) is 11.8 Å². The average Bonchev–Trinajstić information content (AvgIpc) is 3.48. The lowest BCUT2D eigenvalue weighted by Crippen LogP contribution is -2.41. The van der Waals surface area contributed by atoms with E-state index in [9.17, 15) is 19.2 Å². The summed E-state index contributed by atoms with van der Waals surface area (Å²) in [6.07, 6.45) is 2.47. The molecule has 3 heterocycles. The Hall–Kier alpha value is -4.14. The van der Waals surface area contributed by atoms with Crippen LogP contribution in [0.25, 0.3) is 10.9 Å². The first kappa shape index (κ1) is 25.5. The van der Waals surface area contributed by atoms with E-state index in [1.807, 2.05) is 59.7 Å². The Kier molecular flexibility index (Phi) is 7.18. The van der Waals surface area contributed by atoms with Crippen LogP contribution in [0.2, 0.25) is 0 Å². The molecule has 3 N–H and O–H groups in total. The van der Waals surface area contributed by atoms with E-state index in [2.05, 4.69) is 16.0 Å². The number of aryl methyl sites for hydroxylation is 2. The summed E-state index contributed by atoms with van der Waals surface area (Å²) in [5.74, 6) is -0.275. The summed E-state index contributed by atoms with van der Waals surface area (Å²) < 4.78 is 1.92. The van der Waals surface area contributed by atoms with E-state index in [0.29, 0.717) is 49.4 Å². The highest BCUT2D eigenvalue weighted by atomic mass is 16.2. The molecule has 0 spiro atoms. The number of nitrogens with one attached hydrogen (secondary N) is 3. The highest BCUT2D eigenvalue weighted by Gasteiger charge is 2.29. The Morgan fingerprint density at radius 2 is 1.92 bits per heavy atom. The number of nitrogens with zero attached hydrogens (tertiary/aromatic N) is 2. The largest absolute Gasteiger partial charge is 0.356 e. The maximum absolute atomic E-state index is 12.9. The van der Waals surface area contributed by atoms with Crippen LogP contribution < -0.4 is 16.0 Å². The minimum absolute atomic E-state index is 0.0934. The van der Waals surface area contributed by atoms with Gasteiger partial charge in [-0.05, 0) is 62.6 Å². The predicted octanol–water partition coefficient (Wildman–Crippen LogP) is 3.31. The van der Waals surface area contributed by atoms with Crippen molar-refractivity contribution in [3.63, 3.8) is 0 Å². The van der Waals surface area contributed by atoms with Crippen LogP contribution >= 0.6 is 0 Å². The Morgan fingerprint density at radius 1 is 1.08 bits per heavy atom. The molecule has 4 amide bonds. The molecule has 0 aliphatic carbocycles. The van der Waals surface area contributed by atoms with Gasteiger partial charge in [0, 0.05) is 61.2 Å². The first-order valence-electron chi connectivity index (χ1n) is 13.2. The van der Waals surface area contributed by atoms with E-state index in [1.165, 1.54) is 0 Å². The maximum Gasteiger partial charge on any atom is 0.268 e. The highest BCUT2D eigenvalue weighted by molar-refractivity contribution is 6.07. The molecule has 9 heteroatoms. The summed E-state index contributed by atoms with van der Waals surface area (Å²) in [4.78, 5) is 51.8. The lowest BCUT2D eigenvalue weighted by Gasteiger charge is -2.27. The van der Waals surface area contributed by atoms with E-state index < -0.39 is 0 Å². The number of hydrogen-bond acceptors (Lipinski definition) is 4. The zero-order chi connectivity index (χ0) is 26.8. The molecule has 1 unspecified atom stereocenters. The molecule has 2 aromatic carbocycles. The summed E-state index contributed by atoms with van der Waals surface area (Å²) in [6.45, 7) is 6.18. The Morgan fingerprint density at radius 3 is 2.71 bits per heavy atom. The molecule has 2 aliphatic rings. The molecule has 1 atom stereocenters. The fourth-order valence-electron chi connectivity index (χ4n) is 5.34. The Balaban J connectivity index is 1.26. The lowest BCUT2D eigenvalue weighted by atomic mass is 10.0. The molecule has 2 aliphatic heterocycles. The predicted molar refractivity (Wildman–Crippen MR) is 145 cm³/mol. The molecule has 3 aromatic rings. The Labute approximate surface area is 221 Å². The van der Waals surface area contributed by atoms with Crippen molar-refractivity contribution in [3.05, 3.63) is 64.8 Å². The molecule has 1 fully saturated rings. The van der Waals surface area contributed by atoms with Gasteiger partial charge in [-0.15, -0.1) is 0 Å². The van der Waals surface area contributed by atoms with E-state index >= 15 is 0 Å². The normalized spacial score (nSPS) is 16.9. The fraction of sp³-hybridized carbons (Fsp3) is 0.379. The van der Waals surface area contributed by atoms with Gasteiger partial charge < -0.3 is 25.4 Å². The van der Waals surface area contributed by atoms with Crippen LogP contribution in [0.5, 0.6) is 0 Å². The van der Waals surface area contributed by atoms with Crippen LogP contribution in [0.3, 0.4) is 0 Å². The number of hydrogen-bond donors (Lipinski definition) is 3. The molecule has 1 aromatic heterocycles. The smallest absolute Gasteiger partial charge is 0.268 e. The van der Waals surface area contributed by atoms with Gasteiger partial charge in [0.15, 0.2) is 0 Å². The van der Waals surface area contributed by atoms with Crippen LogP contribution in [-0.4, -0.2) is 59.3 Å². The van der Waals surface area contributed by atoms with Gasteiger partial charge in [-0.25, -0.2) is 0 Å². The van der Waals surface area contributed by atoms with Gasteiger partial charge in [0.05, 0.1) is 6.04 Å². The molecule has 38 heavy (non-hydrogen) atoms. The van der Waals surface area contributed by atoms with Crippen molar-refractivity contribution < 1.29 is 19.2 Å². The van der Waals surface area contributed by atoms with Gasteiger partial charge in [0.1, 0.15) is 5.69 Å². The number of amides is 4. The second kappa shape index (κ2) is 10.7. The SMILES string of the molecule is Cc1ccc(C)c(C(=O)Nc2ccc3c(c2)cc2n3C(CC(=O)NCCCN3CCCC3=O)CNC2=O)c1. The number of benzene rings is 2. The second-order valence-electron chi connectivity index (χ2n) is 10.2. The number of carbonyl (C=O) groups excluding carboxylic acids is 4. The van der Waals surface area contributed by atoms with Gasteiger partial charge in [0.25, 0.3) is 11.8 Å². The van der Waals surface area contributed by atoms with Gasteiger partial charge >= 0.3 is 0 Å². The van der Waals surface area contributed by atoms with E-state index in [0.717, 1.165) is 35.0 Å². The zero-order valence-corrected chi connectivity index (χ0v) is 21.8. The zero-order valence-electron chi connectivity index (χ0n) is 21.8. The second-order valence-corrected chi connectivity index (χ2v) is 10.2. The molecule has 198 valence electrons. The van der Waals surface area contributed by atoms with Gasteiger partial charge in [-0.3, -0.25) is 19.2 Å². The number of fused-ring (bicyclic) bond motifs is 3. The van der Waals surface area contributed by atoms with Crippen LogP contribution in [-0.2, 0) is 9.59 Å². The van der Waals surface area contributed by atoms with E-state index in [1.54, 1.807) is 6.07 Å². The number of carbonyl (C=O) groups is 4. The van der Waals surface area contributed by atoms with Crippen LogP contribution in [0.15, 0.2) is 42.5 Å². The quantitative estimate of drug-likeness (QED) is 0.400. The molecule has 1 saturated heterocycles. The summed E-state index contributed by atoms with van der Waals surface area (Å²) in [6, 6.07) is 12.9. The summed E-state index contributed by atoms with van der Waals surface area (Å²) in [5, 5.41) is 9.63. The van der Waals surface area contributed by atoms with E-state index in [4.69, 9.17) is 0 Å². The topological polar surface area (TPSA) is 113 Å².